The van der Waals surface area contributed by atoms with Gasteiger partial charge in [0.1, 0.15) is 0 Å². The first-order valence-corrected chi connectivity index (χ1v) is 6.40. The highest BCUT2D eigenvalue weighted by molar-refractivity contribution is 5.45. The van der Waals surface area contributed by atoms with E-state index < -0.39 is 0 Å². The van der Waals surface area contributed by atoms with Crippen LogP contribution in [0.2, 0.25) is 0 Å². The number of nitrogens with one attached hydrogen (secondary N) is 2. The fourth-order valence-electron chi connectivity index (χ4n) is 2.42. The molecule has 0 radical (unpaired) electrons. The van der Waals surface area contributed by atoms with Crippen LogP contribution in [0.4, 0.5) is 0 Å². The maximum absolute atomic E-state index is 5.34. The number of H-pyrrole nitrogens is 1. The van der Waals surface area contributed by atoms with E-state index in [2.05, 4.69) is 55.1 Å². The topological polar surface area (TPSA) is 92.5 Å². The molecule has 0 aliphatic carbocycles. The predicted molar refractivity (Wildman–Crippen MR) is 69.4 cm³/mol. The van der Waals surface area contributed by atoms with Crippen LogP contribution in [0.5, 0.6) is 0 Å². The van der Waals surface area contributed by atoms with Gasteiger partial charge in [-0.25, -0.2) is 0 Å². The van der Waals surface area contributed by atoms with Crippen molar-refractivity contribution in [2.45, 2.75) is 19.0 Å². The van der Waals surface area contributed by atoms with Gasteiger partial charge < -0.3 is 9.84 Å². The zero-order valence-electron chi connectivity index (χ0n) is 10.6. The number of hydrogen-bond donors (Lipinski definition) is 2. The lowest BCUT2D eigenvalue weighted by atomic mass is 9.96. The number of hydrogen-bond acceptors (Lipinski definition) is 6. The Balaban J connectivity index is 1.60. The first-order chi connectivity index (χ1) is 9.90. The molecule has 1 aromatic carbocycles. The van der Waals surface area contributed by atoms with Crippen molar-refractivity contribution in [3.05, 3.63) is 47.5 Å². The smallest absolute Gasteiger partial charge is 0.244 e. The molecule has 7 heteroatoms. The van der Waals surface area contributed by atoms with E-state index in [1.165, 1.54) is 11.1 Å². The summed E-state index contributed by atoms with van der Waals surface area (Å²) in [5, 5.41) is 17.6. The van der Waals surface area contributed by atoms with E-state index in [1.807, 2.05) is 0 Å². The minimum absolute atomic E-state index is 0.0399. The molecule has 0 fully saturated rings. The van der Waals surface area contributed by atoms with Crippen molar-refractivity contribution in [1.29, 1.82) is 0 Å². The van der Waals surface area contributed by atoms with Gasteiger partial charge in [-0.05, 0) is 17.5 Å². The molecular formula is C13H12N6O. The first-order valence-electron chi connectivity index (χ1n) is 6.40. The largest absolute Gasteiger partial charge is 0.337 e. The fraction of sp³-hybridized carbons (Fsp3) is 0.231. The number of benzene rings is 1. The van der Waals surface area contributed by atoms with Gasteiger partial charge in [0.25, 0.3) is 0 Å². The van der Waals surface area contributed by atoms with Crippen LogP contribution in [-0.4, -0.2) is 25.6 Å². The Kier molecular flexibility index (Phi) is 2.56. The minimum atomic E-state index is 0.0399. The van der Waals surface area contributed by atoms with E-state index in [9.17, 15) is 0 Å². The second-order valence-corrected chi connectivity index (χ2v) is 4.72. The molecule has 3 heterocycles. The molecular weight excluding hydrogens is 256 g/mol. The van der Waals surface area contributed by atoms with Crippen LogP contribution in [-0.2, 0) is 13.0 Å². The highest BCUT2D eigenvalue weighted by atomic mass is 16.5. The van der Waals surface area contributed by atoms with Gasteiger partial charge in [-0.2, -0.15) is 20.4 Å². The van der Waals surface area contributed by atoms with E-state index in [0.717, 1.165) is 13.0 Å². The normalized spacial score (nSPS) is 17.9. The summed E-state index contributed by atoms with van der Waals surface area (Å²) in [5.74, 6) is 1.03. The van der Waals surface area contributed by atoms with E-state index in [1.54, 1.807) is 6.20 Å². The monoisotopic (exact) mass is 268 g/mol. The van der Waals surface area contributed by atoms with E-state index in [4.69, 9.17) is 4.52 Å². The van der Waals surface area contributed by atoms with Crippen LogP contribution in [0, 0.1) is 0 Å². The number of nitrogens with zero attached hydrogens (tertiary/aromatic N) is 4. The average molecular weight is 268 g/mol. The maximum atomic E-state index is 5.34. The Morgan fingerprint density at radius 1 is 1.20 bits per heavy atom. The molecule has 0 saturated heterocycles. The Labute approximate surface area is 114 Å². The highest BCUT2D eigenvalue weighted by Gasteiger charge is 2.24. The molecule has 2 N–H and O–H groups in total. The zero-order chi connectivity index (χ0) is 13.4. The summed E-state index contributed by atoms with van der Waals surface area (Å²) in [6.07, 6.45) is 2.41. The van der Waals surface area contributed by atoms with Crippen LogP contribution in [0.1, 0.15) is 23.1 Å². The second-order valence-electron chi connectivity index (χ2n) is 4.72. The van der Waals surface area contributed by atoms with Crippen molar-refractivity contribution in [2.75, 3.05) is 0 Å². The van der Waals surface area contributed by atoms with Gasteiger partial charge >= 0.3 is 0 Å². The van der Waals surface area contributed by atoms with Gasteiger partial charge in [0, 0.05) is 6.54 Å². The Bertz CT molecular complexity index is 720. The third kappa shape index (κ3) is 1.88. The summed E-state index contributed by atoms with van der Waals surface area (Å²) in [4.78, 5) is 4.39. The van der Waals surface area contributed by atoms with Gasteiger partial charge in [0.15, 0.2) is 5.69 Å². The van der Waals surface area contributed by atoms with E-state index in [-0.39, 0.29) is 6.04 Å². The second kappa shape index (κ2) is 4.53. The molecule has 1 atom stereocenters. The standard InChI is InChI=1S/C13H12N6O/c1-2-4-9-6-14-10(5-8(9)3-1)13-16-12(18-20-13)11-7-15-19-17-11/h1-4,7,10,14H,5-6H2,(H,15,17,19)/t10-/m0/s1. The van der Waals surface area contributed by atoms with Crippen molar-refractivity contribution in [3.8, 4) is 11.5 Å². The highest BCUT2D eigenvalue weighted by Crippen LogP contribution is 2.25. The summed E-state index contributed by atoms with van der Waals surface area (Å²) in [6.45, 7) is 0.808. The Morgan fingerprint density at radius 3 is 2.95 bits per heavy atom. The summed E-state index contributed by atoms with van der Waals surface area (Å²) in [7, 11) is 0. The number of rotatable bonds is 2. The quantitative estimate of drug-likeness (QED) is 0.726. The van der Waals surface area contributed by atoms with E-state index >= 15 is 0 Å². The summed E-state index contributed by atoms with van der Waals surface area (Å²) < 4.78 is 5.34. The van der Waals surface area contributed by atoms with Crippen molar-refractivity contribution in [2.24, 2.45) is 0 Å². The first kappa shape index (κ1) is 11.3. The van der Waals surface area contributed by atoms with Gasteiger partial charge in [0.2, 0.25) is 11.7 Å². The SMILES string of the molecule is c1ccc2c(c1)CN[C@H](c1nc(-c3cn[nH]n3)no1)C2. The van der Waals surface area contributed by atoms with Crippen LogP contribution >= 0.6 is 0 Å². The van der Waals surface area contributed by atoms with Crippen LogP contribution in [0.3, 0.4) is 0 Å². The van der Waals surface area contributed by atoms with Crippen LogP contribution < -0.4 is 5.32 Å². The summed E-state index contributed by atoms with van der Waals surface area (Å²) in [6, 6.07) is 8.41. The lowest BCUT2D eigenvalue weighted by Crippen LogP contribution is -2.28. The molecule has 4 rings (SSSR count). The number of aromatic nitrogens is 5. The predicted octanol–water partition coefficient (Wildman–Crippen LogP) is 1.24. The van der Waals surface area contributed by atoms with Crippen molar-refractivity contribution < 1.29 is 4.52 Å². The molecule has 0 unspecified atom stereocenters. The van der Waals surface area contributed by atoms with Gasteiger partial charge in [-0.1, -0.05) is 29.4 Å². The molecule has 3 aromatic rings. The zero-order valence-corrected chi connectivity index (χ0v) is 10.6. The molecule has 0 amide bonds. The molecule has 0 spiro atoms. The van der Waals surface area contributed by atoms with Crippen molar-refractivity contribution >= 4 is 0 Å². The molecule has 1 aliphatic rings. The van der Waals surface area contributed by atoms with Crippen molar-refractivity contribution in [3.63, 3.8) is 0 Å². The summed E-state index contributed by atoms with van der Waals surface area (Å²) >= 11 is 0. The summed E-state index contributed by atoms with van der Waals surface area (Å²) in [5.41, 5.74) is 3.22. The molecule has 1 aliphatic heterocycles. The van der Waals surface area contributed by atoms with Crippen LogP contribution in [0.15, 0.2) is 35.0 Å². The lowest BCUT2D eigenvalue weighted by molar-refractivity contribution is 0.321. The molecule has 0 bridgehead atoms. The average Bonchev–Trinajstić information content (AvgIpc) is 3.17. The van der Waals surface area contributed by atoms with E-state index in [0.29, 0.717) is 17.4 Å². The minimum Gasteiger partial charge on any atom is -0.337 e. The molecule has 7 nitrogen and oxygen atoms in total. The Morgan fingerprint density at radius 2 is 2.10 bits per heavy atom. The number of aromatic amines is 1. The van der Waals surface area contributed by atoms with Crippen molar-refractivity contribution in [1.82, 2.24) is 30.9 Å². The molecule has 20 heavy (non-hydrogen) atoms. The fourth-order valence-corrected chi connectivity index (χ4v) is 2.42. The third-order valence-electron chi connectivity index (χ3n) is 3.47. The van der Waals surface area contributed by atoms with Crippen LogP contribution in [0.25, 0.3) is 11.5 Å². The number of fused-ring (bicyclic) bond motifs is 1. The maximum Gasteiger partial charge on any atom is 0.244 e. The van der Waals surface area contributed by atoms with Gasteiger partial charge in [0.05, 0.1) is 12.2 Å². The van der Waals surface area contributed by atoms with Gasteiger partial charge in [-0.15, -0.1) is 0 Å². The molecule has 2 aromatic heterocycles. The third-order valence-corrected chi connectivity index (χ3v) is 3.47. The molecule has 0 saturated carbocycles. The lowest BCUT2D eigenvalue weighted by Gasteiger charge is -2.23. The molecule has 100 valence electrons. The van der Waals surface area contributed by atoms with Gasteiger partial charge in [-0.3, -0.25) is 0 Å². The Hall–Kier alpha value is -2.54.